The smallest absolute Gasteiger partial charge is 0.320 e. The summed E-state index contributed by atoms with van der Waals surface area (Å²) in [4.78, 5) is 13.5. The summed E-state index contributed by atoms with van der Waals surface area (Å²) in [6.45, 7) is 1.57. The maximum atomic E-state index is 13.4. The number of hydrogen-bond donors (Lipinski definition) is 1. The summed E-state index contributed by atoms with van der Waals surface area (Å²) in [5, 5.41) is 10.0. The van der Waals surface area contributed by atoms with Gasteiger partial charge < -0.3 is 20.1 Å². The Bertz CT molecular complexity index is 1070. The zero-order valence-electron chi connectivity index (χ0n) is 17.2. The predicted molar refractivity (Wildman–Crippen MR) is 121 cm³/mol. The van der Waals surface area contributed by atoms with E-state index in [0.29, 0.717) is 15.8 Å². The van der Waals surface area contributed by atoms with Crippen molar-refractivity contribution in [3.63, 3.8) is 0 Å². The van der Waals surface area contributed by atoms with Gasteiger partial charge in [-0.2, -0.15) is 0 Å². The van der Waals surface area contributed by atoms with E-state index in [-0.39, 0.29) is 25.1 Å². The molecule has 2 N–H and O–H groups in total. The number of aromatic nitrogens is 2. The molecule has 0 atom stereocenters. The second-order valence-electron chi connectivity index (χ2n) is 7.29. The fourth-order valence-corrected chi connectivity index (χ4v) is 4.34. The van der Waals surface area contributed by atoms with E-state index >= 15 is 0 Å². The summed E-state index contributed by atoms with van der Waals surface area (Å²) in [6, 6.07) is 12.3. The van der Waals surface area contributed by atoms with E-state index in [1.54, 1.807) is 0 Å². The van der Waals surface area contributed by atoms with Gasteiger partial charge in [-0.3, -0.25) is 4.79 Å². The van der Waals surface area contributed by atoms with E-state index in [2.05, 4.69) is 27.2 Å². The first kappa shape index (κ1) is 22.4. The molecule has 2 aromatic carbocycles. The summed E-state index contributed by atoms with van der Waals surface area (Å²) in [6.07, 6.45) is 1.63. The van der Waals surface area contributed by atoms with Crippen LogP contribution in [0, 0.1) is 5.82 Å². The van der Waals surface area contributed by atoms with Crippen LogP contribution in [-0.4, -0.2) is 41.9 Å². The van der Waals surface area contributed by atoms with Crippen LogP contribution >= 0.6 is 22.9 Å². The molecule has 7 nitrogen and oxygen atoms in total. The van der Waals surface area contributed by atoms with Gasteiger partial charge in [-0.05, 0) is 36.4 Å². The summed E-state index contributed by atoms with van der Waals surface area (Å²) in [7, 11) is 0. The van der Waals surface area contributed by atoms with Crippen LogP contribution in [-0.2, 0) is 16.1 Å². The van der Waals surface area contributed by atoms with Crippen LogP contribution in [0.25, 0.3) is 10.6 Å². The van der Waals surface area contributed by atoms with Crippen molar-refractivity contribution >= 4 is 34.6 Å². The van der Waals surface area contributed by atoms with Crippen LogP contribution in [0.2, 0.25) is 5.02 Å². The lowest BCUT2D eigenvalue weighted by atomic mass is 10.1. The number of rotatable bonds is 7. The van der Waals surface area contributed by atoms with Gasteiger partial charge in [-0.1, -0.05) is 22.9 Å². The maximum Gasteiger partial charge on any atom is 0.320 e. The van der Waals surface area contributed by atoms with Gasteiger partial charge in [-0.25, -0.2) is 4.39 Å². The van der Waals surface area contributed by atoms with Crippen molar-refractivity contribution in [3.05, 3.63) is 58.3 Å². The molecule has 0 unspecified atom stereocenters. The third-order valence-electron chi connectivity index (χ3n) is 5.10. The number of benzene rings is 2. The highest BCUT2D eigenvalue weighted by Crippen LogP contribution is 2.30. The summed E-state index contributed by atoms with van der Waals surface area (Å²) in [5.41, 5.74) is 7.28. The second-order valence-corrected chi connectivity index (χ2v) is 8.76. The zero-order valence-corrected chi connectivity index (χ0v) is 18.7. The van der Waals surface area contributed by atoms with Crippen molar-refractivity contribution in [2.45, 2.75) is 25.6 Å². The van der Waals surface area contributed by atoms with Crippen molar-refractivity contribution in [3.8, 4) is 16.3 Å². The minimum atomic E-state index is -0.473. The Morgan fingerprint density at radius 2 is 1.94 bits per heavy atom. The molecule has 1 aliphatic heterocycles. The van der Waals surface area contributed by atoms with E-state index in [9.17, 15) is 9.18 Å². The molecular weight excluding hydrogens is 455 g/mol. The molecule has 0 radical (unpaired) electrons. The zero-order chi connectivity index (χ0) is 22.5. The molecule has 2 heterocycles. The largest absolute Gasteiger partial charge is 0.489 e. The molecule has 1 aliphatic rings. The Balaban J connectivity index is 1.32. The number of nitrogens with two attached hydrogens (primary N) is 1. The van der Waals surface area contributed by atoms with E-state index in [0.717, 1.165) is 42.2 Å². The molecule has 0 bridgehead atoms. The molecule has 1 fully saturated rings. The van der Waals surface area contributed by atoms with Gasteiger partial charge >= 0.3 is 5.97 Å². The van der Waals surface area contributed by atoms with E-state index in [1.807, 2.05) is 12.1 Å². The van der Waals surface area contributed by atoms with E-state index in [1.165, 1.54) is 29.5 Å². The Morgan fingerprint density at radius 3 is 2.66 bits per heavy atom. The summed E-state index contributed by atoms with van der Waals surface area (Å²) in [5.74, 6) is -0.441. The molecule has 3 aromatic rings. The molecule has 1 saturated heterocycles. The van der Waals surface area contributed by atoms with Gasteiger partial charge in [-0.15, -0.1) is 10.2 Å². The third-order valence-corrected chi connectivity index (χ3v) is 6.36. The third kappa shape index (κ3) is 5.53. The highest BCUT2D eigenvalue weighted by molar-refractivity contribution is 7.14. The van der Waals surface area contributed by atoms with Gasteiger partial charge in [0.2, 0.25) is 0 Å². The first-order chi connectivity index (χ1) is 15.5. The molecule has 0 aliphatic carbocycles. The number of hydrogen-bond acceptors (Lipinski definition) is 8. The van der Waals surface area contributed by atoms with Gasteiger partial charge in [0.1, 0.15) is 29.3 Å². The van der Waals surface area contributed by atoms with Crippen molar-refractivity contribution in [2.75, 3.05) is 24.5 Å². The van der Waals surface area contributed by atoms with Gasteiger partial charge in [0, 0.05) is 43.2 Å². The predicted octanol–water partition coefficient (Wildman–Crippen LogP) is 4.05. The highest BCUT2D eigenvalue weighted by Gasteiger charge is 2.22. The summed E-state index contributed by atoms with van der Waals surface area (Å²) < 4.78 is 24.4. The number of carbonyl (C=O) groups is 1. The lowest BCUT2D eigenvalue weighted by molar-refractivity contribution is -0.143. The maximum absolute atomic E-state index is 13.4. The van der Waals surface area contributed by atoms with E-state index in [4.69, 9.17) is 26.8 Å². The fourth-order valence-electron chi connectivity index (χ4n) is 3.42. The van der Waals surface area contributed by atoms with Crippen LogP contribution in [0.3, 0.4) is 0 Å². The Labute approximate surface area is 193 Å². The van der Waals surface area contributed by atoms with Gasteiger partial charge in [0.05, 0.1) is 11.6 Å². The Morgan fingerprint density at radius 1 is 1.19 bits per heavy atom. The number of anilines is 1. The molecular formula is C22H22ClFN4O3S. The molecule has 32 heavy (non-hydrogen) atoms. The number of piperidine rings is 1. The van der Waals surface area contributed by atoms with Gasteiger partial charge in [0.25, 0.3) is 0 Å². The average molecular weight is 477 g/mol. The quantitative estimate of drug-likeness (QED) is 0.514. The van der Waals surface area contributed by atoms with Crippen molar-refractivity contribution in [2.24, 2.45) is 5.73 Å². The van der Waals surface area contributed by atoms with Crippen LogP contribution in [0.5, 0.6) is 5.75 Å². The van der Waals surface area contributed by atoms with Crippen molar-refractivity contribution in [1.82, 2.24) is 10.2 Å². The monoisotopic (exact) mass is 476 g/mol. The number of carbonyl (C=O) groups excluding carboxylic acids is 1. The lowest BCUT2D eigenvalue weighted by Crippen LogP contribution is -2.38. The topological polar surface area (TPSA) is 90.6 Å². The minimum Gasteiger partial charge on any atom is -0.489 e. The minimum absolute atomic E-state index is 0.00184. The van der Waals surface area contributed by atoms with Crippen LogP contribution in [0.4, 0.5) is 10.1 Å². The van der Waals surface area contributed by atoms with Crippen molar-refractivity contribution < 1.29 is 18.7 Å². The lowest BCUT2D eigenvalue weighted by Gasteiger charge is -2.34. The first-order valence-electron chi connectivity index (χ1n) is 10.2. The molecule has 168 valence electrons. The molecule has 0 saturated carbocycles. The fraction of sp³-hybridized carbons (Fsp3) is 0.318. The molecule has 0 amide bonds. The van der Waals surface area contributed by atoms with Crippen LogP contribution < -0.4 is 15.4 Å². The van der Waals surface area contributed by atoms with Gasteiger partial charge in [0.15, 0.2) is 5.01 Å². The molecule has 0 spiro atoms. The molecule has 4 rings (SSSR count). The van der Waals surface area contributed by atoms with Crippen LogP contribution in [0.1, 0.15) is 17.8 Å². The average Bonchev–Trinajstić information content (AvgIpc) is 3.29. The summed E-state index contributed by atoms with van der Waals surface area (Å²) >= 11 is 7.48. The SMILES string of the molecule is NCC(=O)OCc1nnc(-c2ccc(N3CCC(Oc4cc(F)ccc4Cl)CC3)cc2)s1. The second kappa shape index (κ2) is 10.2. The number of halogens is 2. The number of esters is 1. The van der Waals surface area contributed by atoms with Crippen LogP contribution in [0.15, 0.2) is 42.5 Å². The Hall–Kier alpha value is -2.75. The van der Waals surface area contributed by atoms with E-state index < -0.39 is 5.97 Å². The number of ether oxygens (including phenoxy) is 2. The normalized spacial score (nSPS) is 14.4. The van der Waals surface area contributed by atoms with Crippen molar-refractivity contribution in [1.29, 1.82) is 0 Å². The Kier molecular flexibility index (Phi) is 7.19. The molecule has 1 aromatic heterocycles. The number of nitrogens with zero attached hydrogens (tertiary/aromatic N) is 3. The molecule has 10 heteroatoms. The first-order valence-corrected chi connectivity index (χ1v) is 11.4. The standard InChI is InChI=1S/C22H22ClFN4O3S/c23-18-6-3-15(24)11-19(18)31-17-7-9-28(10-8-17)16-4-1-14(2-5-16)22-27-26-20(32-22)13-30-21(29)12-25/h1-6,11,17H,7-10,12-13,25H2. The highest BCUT2D eigenvalue weighted by atomic mass is 35.5.